The summed E-state index contributed by atoms with van der Waals surface area (Å²) in [6, 6.07) is 20.3. The first-order valence-electron chi connectivity index (χ1n) is 10.6. The second kappa shape index (κ2) is 8.08. The van der Waals surface area contributed by atoms with Crippen LogP contribution in [0.3, 0.4) is 0 Å². The highest BCUT2D eigenvalue weighted by atomic mass is 19.1. The van der Waals surface area contributed by atoms with E-state index in [1.54, 1.807) is 24.3 Å². The van der Waals surface area contributed by atoms with Crippen molar-refractivity contribution in [3.05, 3.63) is 113 Å². The summed E-state index contributed by atoms with van der Waals surface area (Å²) in [4.78, 5) is 11.3. The average molecular weight is 429 g/mol. The summed E-state index contributed by atoms with van der Waals surface area (Å²) in [6.07, 6.45) is 5.30. The number of carbonyl (C=O) groups is 1. The molecule has 3 nitrogen and oxygen atoms in total. The number of aromatic nitrogens is 1. The molecule has 1 heterocycles. The number of rotatable bonds is 6. The minimum Gasteiger partial charge on any atom is -0.478 e. The second-order valence-electron chi connectivity index (χ2n) is 8.21. The van der Waals surface area contributed by atoms with Gasteiger partial charge in [-0.2, -0.15) is 0 Å². The molecule has 32 heavy (non-hydrogen) atoms. The van der Waals surface area contributed by atoms with Gasteiger partial charge < -0.3 is 9.67 Å². The summed E-state index contributed by atoms with van der Waals surface area (Å²) in [6.45, 7) is 0. The van der Waals surface area contributed by atoms with Gasteiger partial charge in [-0.1, -0.05) is 30.3 Å². The van der Waals surface area contributed by atoms with Crippen LogP contribution in [0.2, 0.25) is 0 Å². The summed E-state index contributed by atoms with van der Waals surface area (Å²) in [5.74, 6) is -1.26. The molecule has 0 saturated heterocycles. The van der Waals surface area contributed by atoms with Gasteiger partial charge in [0, 0.05) is 23.2 Å². The number of allylic oxidation sites excluding steroid dienone is 1. The van der Waals surface area contributed by atoms with Gasteiger partial charge in [-0.3, -0.25) is 0 Å². The Hall–Kier alpha value is -3.73. The molecule has 0 unspecified atom stereocenters. The van der Waals surface area contributed by atoms with Crippen LogP contribution in [0.15, 0.2) is 85.1 Å². The number of carboxylic acid groups (broad SMARTS) is 1. The maximum absolute atomic E-state index is 13.6. The van der Waals surface area contributed by atoms with E-state index in [0.29, 0.717) is 5.92 Å². The Morgan fingerprint density at radius 2 is 1.50 bits per heavy atom. The van der Waals surface area contributed by atoms with E-state index in [1.165, 1.54) is 30.3 Å². The lowest BCUT2D eigenvalue weighted by Crippen LogP contribution is -2.11. The molecule has 1 aliphatic rings. The zero-order valence-electron chi connectivity index (χ0n) is 17.2. The SMILES string of the molecule is O=C(O)C=C(c1ccc2c(ccn2C(c2ccc(F)cc2)c2ccc(F)cc2)c1)C1CC1. The predicted octanol–water partition coefficient (Wildman–Crippen LogP) is 6.44. The minimum absolute atomic E-state index is 0.267. The monoisotopic (exact) mass is 429 g/mol. The van der Waals surface area contributed by atoms with E-state index in [4.69, 9.17) is 0 Å². The largest absolute Gasteiger partial charge is 0.478 e. The molecule has 0 aliphatic heterocycles. The average Bonchev–Trinajstić information content (AvgIpc) is 3.55. The number of fused-ring (bicyclic) bond motifs is 1. The lowest BCUT2D eigenvalue weighted by Gasteiger charge is -2.22. The zero-order valence-corrected chi connectivity index (χ0v) is 17.2. The van der Waals surface area contributed by atoms with Crippen molar-refractivity contribution >= 4 is 22.4 Å². The second-order valence-corrected chi connectivity index (χ2v) is 8.21. The van der Waals surface area contributed by atoms with Gasteiger partial charge >= 0.3 is 5.97 Å². The summed E-state index contributed by atoms with van der Waals surface area (Å²) in [5, 5.41) is 10.2. The fourth-order valence-electron chi connectivity index (χ4n) is 4.34. The van der Waals surface area contributed by atoms with Crippen LogP contribution in [-0.2, 0) is 4.79 Å². The molecule has 0 bridgehead atoms. The molecule has 4 aromatic rings. The molecule has 0 amide bonds. The van der Waals surface area contributed by atoms with Gasteiger partial charge in [0.2, 0.25) is 0 Å². The quantitative estimate of drug-likeness (QED) is 0.359. The molecule has 1 N–H and O–H groups in total. The van der Waals surface area contributed by atoms with Crippen molar-refractivity contribution in [1.82, 2.24) is 4.57 Å². The van der Waals surface area contributed by atoms with Crippen LogP contribution in [-0.4, -0.2) is 15.6 Å². The fourth-order valence-corrected chi connectivity index (χ4v) is 4.34. The molecule has 1 fully saturated rings. The van der Waals surface area contributed by atoms with Crippen LogP contribution in [0.4, 0.5) is 8.78 Å². The summed E-state index contributed by atoms with van der Waals surface area (Å²) >= 11 is 0. The molecule has 5 rings (SSSR count). The van der Waals surface area contributed by atoms with Gasteiger partial charge in [0.05, 0.1) is 6.04 Å². The van der Waals surface area contributed by atoms with Gasteiger partial charge in [-0.25, -0.2) is 13.6 Å². The first-order valence-corrected chi connectivity index (χ1v) is 10.6. The van der Waals surface area contributed by atoms with Crippen LogP contribution in [0.25, 0.3) is 16.5 Å². The van der Waals surface area contributed by atoms with Crippen LogP contribution < -0.4 is 0 Å². The number of aliphatic carboxylic acids is 1. The third kappa shape index (κ3) is 3.94. The summed E-state index contributed by atoms with van der Waals surface area (Å²) < 4.78 is 29.2. The Balaban J connectivity index is 1.62. The maximum atomic E-state index is 13.6. The van der Waals surface area contributed by atoms with Gasteiger partial charge in [0.15, 0.2) is 0 Å². The van der Waals surface area contributed by atoms with Crippen molar-refractivity contribution in [1.29, 1.82) is 0 Å². The number of carboxylic acids is 1. The fraction of sp³-hybridized carbons (Fsp3) is 0.148. The molecule has 1 saturated carbocycles. The molecular formula is C27H21F2NO2. The zero-order chi connectivity index (χ0) is 22.2. The van der Waals surface area contributed by atoms with Gasteiger partial charge in [-0.05, 0) is 83.5 Å². The molecule has 0 atom stereocenters. The number of halogens is 2. The topological polar surface area (TPSA) is 42.2 Å². The standard InChI is InChI=1S/C27H21F2NO2/c28-22-8-3-18(4-9-22)27(19-5-10-23(29)11-6-19)30-14-13-21-15-20(7-12-25(21)30)24(16-26(31)32)17-1-2-17/h3-17,27H,1-2H2,(H,31,32). The first kappa shape index (κ1) is 20.2. The third-order valence-electron chi connectivity index (χ3n) is 6.00. The van der Waals surface area contributed by atoms with Crippen molar-refractivity contribution in [2.45, 2.75) is 18.9 Å². The van der Waals surface area contributed by atoms with Gasteiger partial charge in [0.1, 0.15) is 11.6 Å². The molecule has 1 aromatic heterocycles. The first-order chi connectivity index (χ1) is 15.5. The van der Waals surface area contributed by atoms with E-state index in [9.17, 15) is 18.7 Å². The van der Waals surface area contributed by atoms with Crippen molar-refractivity contribution in [3.63, 3.8) is 0 Å². The Bertz CT molecular complexity index is 1270. The number of nitrogens with zero attached hydrogens (tertiary/aromatic N) is 1. The van der Waals surface area contributed by atoms with Crippen molar-refractivity contribution < 1.29 is 18.7 Å². The smallest absolute Gasteiger partial charge is 0.328 e. The van der Waals surface area contributed by atoms with Crippen LogP contribution in [0.1, 0.15) is 35.6 Å². The van der Waals surface area contributed by atoms with Crippen LogP contribution >= 0.6 is 0 Å². The molecule has 5 heteroatoms. The van der Waals surface area contributed by atoms with Gasteiger partial charge in [-0.15, -0.1) is 0 Å². The Kier molecular flexibility index (Phi) is 5.10. The number of benzene rings is 3. The van der Waals surface area contributed by atoms with Gasteiger partial charge in [0.25, 0.3) is 0 Å². The van der Waals surface area contributed by atoms with Crippen molar-refractivity contribution in [3.8, 4) is 0 Å². The number of hydrogen-bond donors (Lipinski definition) is 1. The molecule has 0 spiro atoms. The minimum atomic E-state index is -0.933. The van der Waals surface area contributed by atoms with E-state index in [-0.39, 0.29) is 17.7 Å². The molecule has 3 aromatic carbocycles. The molecule has 1 aliphatic carbocycles. The Morgan fingerprint density at radius 1 is 0.906 bits per heavy atom. The van der Waals surface area contributed by atoms with Crippen LogP contribution in [0, 0.1) is 17.6 Å². The Labute approximate surface area is 184 Å². The van der Waals surface area contributed by atoms with Crippen molar-refractivity contribution in [2.24, 2.45) is 5.92 Å². The Morgan fingerprint density at radius 3 is 2.03 bits per heavy atom. The highest BCUT2D eigenvalue weighted by molar-refractivity contribution is 5.93. The van der Waals surface area contributed by atoms with E-state index in [1.807, 2.05) is 30.5 Å². The highest BCUT2D eigenvalue weighted by Gasteiger charge is 2.28. The van der Waals surface area contributed by atoms with Crippen LogP contribution in [0.5, 0.6) is 0 Å². The third-order valence-corrected chi connectivity index (χ3v) is 6.00. The summed E-state index contributed by atoms with van der Waals surface area (Å²) in [5.41, 5.74) is 4.49. The highest BCUT2D eigenvalue weighted by Crippen LogP contribution is 2.42. The lowest BCUT2D eigenvalue weighted by atomic mass is 9.97. The molecule has 0 radical (unpaired) electrons. The van der Waals surface area contributed by atoms with E-state index >= 15 is 0 Å². The van der Waals surface area contributed by atoms with E-state index < -0.39 is 5.97 Å². The summed E-state index contributed by atoms with van der Waals surface area (Å²) in [7, 11) is 0. The number of hydrogen-bond acceptors (Lipinski definition) is 1. The normalized spacial score (nSPS) is 14.3. The van der Waals surface area contributed by atoms with E-state index in [0.717, 1.165) is 46.0 Å². The van der Waals surface area contributed by atoms with E-state index in [2.05, 4.69) is 4.57 Å². The lowest BCUT2D eigenvalue weighted by molar-refractivity contribution is -0.131. The maximum Gasteiger partial charge on any atom is 0.328 e. The predicted molar refractivity (Wildman–Crippen MR) is 120 cm³/mol. The molecular weight excluding hydrogens is 408 g/mol. The molecule has 160 valence electrons. The van der Waals surface area contributed by atoms with Crippen molar-refractivity contribution in [2.75, 3.05) is 0 Å².